The molecule has 0 bridgehead atoms. The Morgan fingerprint density at radius 2 is 1.94 bits per heavy atom. The van der Waals surface area contributed by atoms with Gasteiger partial charge >= 0.3 is 5.97 Å². The second kappa shape index (κ2) is 5.12. The summed E-state index contributed by atoms with van der Waals surface area (Å²) in [4.78, 5) is 11.6. The second-order valence-electron chi connectivity index (χ2n) is 3.35. The SMILES string of the molecule is O=C(OCc1ccccc1)c1c[c]ccc1. The van der Waals surface area contributed by atoms with Crippen molar-refractivity contribution in [3.63, 3.8) is 0 Å². The third-order valence-corrected chi connectivity index (χ3v) is 2.16. The average molecular weight is 211 g/mol. The Bertz CT molecular complexity index is 449. The molecule has 0 aliphatic heterocycles. The summed E-state index contributed by atoms with van der Waals surface area (Å²) in [6.45, 7) is 0.300. The number of ether oxygens (including phenoxy) is 1. The minimum absolute atomic E-state index is 0.300. The highest BCUT2D eigenvalue weighted by Crippen LogP contribution is 2.05. The number of rotatable bonds is 3. The fraction of sp³-hybridized carbons (Fsp3) is 0.0714. The first-order chi connectivity index (χ1) is 7.86. The maximum Gasteiger partial charge on any atom is 0.338 e. The van der Waals surface area contributed by atoms with E-state index in [9.17, 15) is 4.79 Å². The molecule has 0 spiro atoms. The van der Waals surface area contributed by atoms with E-state index < -0.39 is 0 Å². The Morgan fingerprint density at radius 3 is 2.62 bits per heavy atom. The number of carbonyl (C=O) groups is 1. The molecule has 2 aromatic carbocycles. The van der Waals surface area contributed by atoms with Gasteiger partial charge in [0.05, 0.1) is 5.56 Å². The Kier molecular flexibility index (Phi) is 3.34. The van der Waals surface area contributed by atoms with E-state index in [1.165, 1.54) is 0 Å². The van der Waals surface area contributed by atoms with E-state index in [4.69, 9.17) is 4.74 Å². The molecule has 0 saturated heterocycles. The predicted octanol–water partition coefficient (Wildman–Crippen LogP) is 2.84. The van der Waals surface area contributed by atoms with Crippen molar-refractivity contribution in [3.8, 4) is 0 Å². The van der Waals surface area contributed by atoms with Crippen molar-refractivity contribution < 1.29 is 9.53 Å². The van der Waals surface area contributed by atoms with E-state index in [1.54, 1.807) is 24.3 Å². The molecule has 2 aromatic rings. The van der Waals surface area contributed by atoms with Crippen molar-refractivity contribution >= 4 is 5.97 Å². The van der Waals surface area contributed by atoms with Crippen molar-refractivity contribution in [3.05, 3.63) is 71.8 Å². The van der Waals surface area contributed by atoms with Gasteiger partial charge in [-0.15, -0.1) is 0 Å². The summed E-state index contributed by atoms with van der Waals surface area (Å²) in [6, 6.07) is 19.3. The fourth-order valence-electron chi connectivity index (χ4n) is 1.33. The van der Waals surface area contributed by atoms with Gasteiger partial charge in [-0.2, -0.15) is 0 Å². The summed E-state index contributed by atoms with van der Waals surface area (Å²) >= 11 is 0. The number of hydrogen-bond acceptors (Lipinski definition) is 2. The second-order valence-corrected chi connectivity index (χ2v) is 3.35. The van der Waals surface area contributed by atoms with Crippen molar-refractivity contribution in [1.82, 2.24) is 0 Å². The Morgan fingerprint density at radius 1 is 1.12 bits per heavy atom. The van der Waals surface area contributed by atoms with Crippen LogP contribution in [-0.2, 0) is 11.3 Å². The normalized spacial score (nSPS) is 9.75. The lowest BCUT2D eigenvalue weighted by molar-refractivity contribution is 0.0472. The molecule has 0 aromatic heterocycles. The van der Waals surface area contributed by atoms with Crippen LogP contribution in [0.1, 0.15) is 15.9 Å². The van der Waals surface area contributed by atoms with Gasteiger partial charge in [-0.3, -0.25) is 0 Å². The molecule has 0 heterocycles. The highest BCUT2D eigenvalue weighted by molar-refractivity contribution is 5.89. The molecule has 2 nitrogen and oxygen atoms in total. The molecule has 0 unspecified atom stereocenters. The molecular weight excluding hydrogens is 200 g/mol. The van der Waals surface area contributed by atoms with Gasteiger partial charge in [-0.25, -0.2) is 4.79 Å². The zero-order valence-corrected chi connectivity index (χ0v) is 8.72. The molecule has 79 valence electrons. The summed E-state index contributed by atoms with van der Waals surface area (Å²) in [7, 11) is 0. The molecule has 0 aliphatic carbocycles. The first kappa shape index (κ1) is 10.4. The van der Waals surface area contributed by atoms with Crippen LogP contribution in [-0.4, -0.2) is 5.97 Å². The molecule has 2 heteroatoms. The fourth-order valence-corrected chi connectivity index (χ4v) is 1.33. The lowest BCUT2D eigenvalue weighted by atomic mass is 10.2. The molecule has 16 heavy (non-hydrogen) atoms. The summed E-state index contributed by atoms with van der Waals surface area (Å²) < 4.78 is 5.16. The molecular formula is C14H11O2. The topological polar surface area (TPSA) is 26.3 Å². The highest BCUT2D eigenvalue weighted by atomic mass is 16.5. The van der Waals surface area contributed by atoms with Crippen LogP contribution in [0.15, 0.2) is 54.6 Å². The molecule has 0 atom stereocenters. The van der Waals surface area contributed by atoms with Crippen molar-refractivity contribution in [1.29, 1.82) is 0 Å². The van der Waals surface area contributed by atoms with Gasteiger partial charge < -0.3 is 4.74 Å². The average Bonchev–Trinajstić information content (AvgIpc) is 2.38. The molecule has 0 aliphatic rings. The zero-order chi connectivity index (χ0) is 11.2. The largest absolute Gasteiger partial charge is 0.457 e. The van der Waals surface area contributed by atoms with Gasteiger partial charge in [-0.05, 0) is 23.8 Å². The zero-order valence-electron chi connectivity index (χ0n) is 8.72. The molecule has 0 saturated carbocycles. The van der Waals surface area contributed by atoms with Crippen LogP contribution >= 0.6 is 0 Å². The van der Waals surface area contributed by atoms with E-state index in [1.807, 2.05) is 30.3 Å². The lowest BCUT2D eigenvalue weighted by Gasteiger charge is -2.04. The van der Waals surface area contributed by atoms with Crippen LogP contribution in [0.4, 0.5) is 0 Å². The van der Waals surface area contributed by atoms with Crippen LogP contribution in [0.2, 0.25) is 0 Å². The van der Waals surface area contributed by atoms with Gasteiger partial charge in [0.25, 0.3) is 0 Å². The quantitative estimate of drug-likeness (QED) is 0.730. The third kappa shape index (κ3) is 2.70. The van der Waals surface area contributed by atoms with Gasteiger partial charge in [0.2, 0.25) is 0 Å². The van der Waals surface area contributed by atoms with E-state index in [0.29, 0.717) is 12.2 Å². The molecule has 0 fully saturated rings. The first-order valence-electron chi connectivity index (χ1n) is 5.03. The van der Waals surface area contributed by atoms with E-state index >= 15 is 0 Å². The minimum Gasteiger partial charge on any atom is -0.457 e. The number of carbonyl (C=O) groups excluding carboxylic acids is 1. The number of hydrogen-bond donors (Lipinski definition) is 0. The summed E-state index contributed by atoms with van der Waals surface area (Å²) in [5, 5.41) is 0. The summed E-state index contributed by atoms with van der Waals surface area (Å²) in [6.07, 6.45) is 0. The van der Waals surface area contributed by atoms with Gasteiger partial charge in [0.15, 0.2) is 0 Å². The maximum atomic E-state index is 11.6. The van der Waals surface area contributed by atoms with E-state index in [2.05, 4.69) is 6.07 Å². The Hall–Kier alpha value is -2.09. The van der Waals surface area contributed by atoms with E-state index in [-0.39, 0.29) is 5.97 Å². The van der Waals surface area contributed by atoms with E-state index in [0.717, 1.165) is 5.56 Å². The smallest absolute Gasteiger partial charge is 0.338 e. The van der Waals surface area contributed by atoms with Crippen LogP contribution in [0.5, 0.6) is 0 Å². The van der Waals surface area contributed by atoms with Crippen LogP contribution < -0.4 is 0 Å². The van der Waals surface area contributed by atoms with Crippen LogP contribution in [0.3, 0.4) is 0 Å². The molecule has 0 N–H and O–H groups in total. The number of benzene rings is 2. The molecule has 1 radical (unpaired) electrons. The Labute approximate surface area is 94.5 Å². The van der Waals surface area contributed by atoms with Gasteiger partial charge in [0, 0.05) is 0 Å². The van der Waals surface area contributed by atoms with Crippen molar-refractivity contribution in [2.75, 3.05) is 0 Å². The molecule has 0 amide bonds. The maximum absolute atomic E-state index is 11.6. The third-order valence-electron chi connectivity index (χ3n) is 2.16. The highest BCUT2D eigenvalue weighted by Gasteiger charge is 2.05. The Balaban J connectivity index is 1.95. The van der Waals surface area contributed by atoms with Crippen molar-refractivity contribution in [2.45, 2.75) is 6.61 Å². The predicted molar refractivity (Wildman–Crippen MR) is 60.8 cm³/mol. The summed E-state index contributed by atoms with van der Waals surface area (Å²) in [5.41, 5.74) is 1.51. The lowest BCUT2D eigenvalue weighted by Crippen LogP contribution is -2.04. The van der Waals surface area contributed by atoms with Crippen molar-refractivity contribution in [2.24, 2.45) is 0 Å². The monoisotopic (exact) mass is 211 g/mol. The van der Waals surface area contributed by atoms with Gasteiger partial charge in [-0.1, -0.05) is 42.5 Å². The van der Waals surface area contributed by atoms with Crippen LogP contribution in [0.25, 0.3) is 0 Å². The standard InChI is InChI=1S/C14H11O2/c15-14(13-9-5-2-6-10-13)16-11-12-7-3-1-4-8-12/h1-5,7-10H,11H2. The van der Waals surface area contributed by atoms with Gasteiger partial charge in [0.1, 0.15) is 6.61 Å². The van der Waals surface area contributed by atoms with Crippen LogP contribution in [0, 0.1) is 6.07 Å². The molecule has 2 rings (SSSR count). The first-order valence-corrected chi connectivity index (χ1v) is 5.03. The number of esters is 1. The minimum atomic E-state index is -0.319. The summed E-state index contributed by atoms with van der Waals surface area (Å²) in [5.74, 6) is -0.319.